The largest absolute Gasteiger partial charge is 0.369 e. The lowest BCUT2D eigenvalue weighted by Crippen LogP contribution is -2.24. The number of alkyl halides is 2. The van der Waals surface area contributed by atoms with Crippen LogP contribution in [0.2, 0.25) is 5.02 Å². The molecule has 0 saturated heterocycles. The van der Waals surface area contributed by atoms with Gasteiger partial charge < -0.3 is 10.6 Å². The average Bonchev–Trinajstić information content (AvgIpc) is 2.30. The van der Waals surface area contributed by atoms with Crippen LogP contribution in [0.5, 0.6) is 0 Å². The van der Waals surface area contributed by atoms with Crippen molar-refractivity contribution < 1.29 is 8.78 Å². The summed E-state index contributed by atoms with van der Waals surface area (Å²) in [6.45, 7) is 1.72. The number of nitrogens with two attached hydrogens (primary N) is 1. The van der Waals surface area contributed by atoms with Gasteiger partial charge in [0.25, 0.3) is 6.43 Å². The summed E-state index contributed by atoms with van der Waals surface area (Å²) in [6.07, 6.45) is -0.778. The van der Waals surface area contributed by atoms with E-state index in [4.69, 9.17) is 17.3 Å². The lowest BCUT2D eigenvalue weighted by Gasteiger charge is -2.20. The highest BCUT2D eigenvalue weighted by Crippen LogP contribution is 2.24. The van der Waals surface area contributed by atoms with Crippen molar-refractivity contribution in [2.45, 2.75) is 32.2 Å². The normalized spacial score (nSPS) is 12.8. The van der Waals surface area contributed by atoms with Crippen molar-refractivity contribution in [3.05, 3.63) is 28.8 Å². The van der Waals surface area contributed by atoms with E-state index >= 15 is 0 Å². The number of benzene rings is 1. The van der Waals surface area contributed by atoms with Crippen LogP contribution < -0.4 is 10.6 Å². The number of hydrogen-bond donors (Lipinski definition) is 1. The molecule has 0 aliphatic rings. The highest BCUT2D eigenvalue weighted by Gasteiger charge is 2.11. The molecule has 2 N–H and O–H groups in total. The Balaban J connectivity index is 2.78. The molecular formula is C13H19ClF2N2. The number of nitrogens with zero attached hydrogens (tertiary/aromatic N) is 1. The smallest absolute Gasteiger partial charge is 0.255 e. The lowest BCUT2D eigenvalue weighted by molar-refractivity contribution is 0.156. The third kappa shape index (κ3) is 4.42. The van der Waals surface area contributed by atoms with Gasteiger partial charge in [0.15, 0.2) is 0 Å². The summed E-state index contributed by atoms with van der Waals surface area (Å²) in [5.41, 5.74) is 7.52. The first kappa shape index (κ1) is 15.2. The molecule has 1 aromatic carbocycles. The van der Waals surface area contributed by atoms with E-state index in [-0.39, 0.29) is 12.6 Å². The van der Waals surface area contributed by atoms with Crippen molar-refractivity contribution in [3.8, 4) is 0 Å². The molecule has 0 heterocycles. The van der Waals surface area contributed by atoms with E-state index in [2.05, 4.69) is 0 Å². The Morgan fingerprint density at radius 1 is 1.39 bits per heavy atom. The van der Waals surface area contributed by atoms with Crippen LogP contribution in [0.1, 0.15) is 18.9 Å². The van der Waals surface area contributed by atoms with Crippen molar-refractivity contribution in [3.63, 3.8) is 0 Å². The molecule has 2 nitrogen and oxygen atoms in total. The van der Waals surface area contributed by atoms with Gasteiger partial charge in [0.05, 0.1) is 6.54 Å². The molecular weight excluding hydrogens is 258 g/mol. The van der Waals surface area contributed by atoms with Gasteiger partial charge in [-0.15, -0.1) is 0 Å². The minimum absolute atomic E-state index is 0.0761. The Morgan fingerprint density at radius 3 is 2.56 bits per heavy atom. The Morgan fingerprint density at radius 2 is 2.06 bits per heavy atom. The molecule has 1 aromatic rings. The average molecular weight is 277 g/mol. The predicted octanol–water partition coefficient (Wildman–Crippen LogP) is 3.32. The molecule has 0 radical (unpaired) electrons. The SMILES string of the molecule is CCC(N)Cc1ccc(N(C)CC(F)F)cc1Cl. The van der Waals surface area contributed by atoms with Gasteiger partial charge in [-0.25, -0.2) is 8.78 Å². The summed E-state index contributed by atoms with van der Waals surface area (Å²) in [4.78, 5) is 1.49. The maximum atomic E-state index is 12.3. The van der Waals surface area contributed by atoms with Crippen molar-refractivity contribution in [1.82, 2.24) is 0 Å². The van der Waals surface area contributed by atoms with E-state index in [1.165, 1.54) is 4.90 Å². The Bertz CT molecular complexity index is 385. The van der Waals surface area contributed by atoms with Crippen molar-refractivity contribution in [2.75, 3.05) is 18.5 Å². The van der Waals surface area contributed by atoms with E-state index in [9.17, 15) is 8.78 Å². The fourth-order valence-corrected chi connectivity index (χ4v) is 1.93. The van der Waals surface area contributed by atoms with Gasteiger partial charge in [-0.2, -0.15) is 0 Å². The zero-order chi connectivity index (χ0) is 13.7. The second-order valence-corrected chi connectivity index (χ2v) is 4.83. The molecule has 1 unspecified atom stereocenters. The molecule has 0 saturated carbocycles. The van der Waals surface area contributed by atoms with Gasteiger partial charge in [0, 0.05) is 23.8 Å². The number of anilines is 1. The van der Waals surface area contributed by atoms with E-state index < -0.39 is 6.43 Å². The van der Waals surface area contributed by atoms with Crippen LogP contribution in [0.3, 0.4) is 0 Å². The van der Waals surface area contributed by atoms with Gasteiger partial charge >= 0.3 is 0 Å². The van der Waals surface area contributed by atoms with Crippen LogP contribution in [0, 0.1) is 0 Å². The molecule has 1 rings (SSSR count). The molecule has 0 bridgehead atoms. The van der Waals surface area contributed by atoms with Crippen molar-refractivity contribution in [1.29, 1.82) is 0 Å². The monoisotopic (exact) mass is 276 g/mol. The van der Waals surface area contributed by atoms with Crippen LogP contribution >= 0.6 is 11.6 Å². The van der Waals surface area contributed by atoms with E-state index in [0.717, 1.165) is 12.0 Å². The Kier molecular flexibility index (Phi) is 5.82. The predicted molar refractivity (Wildman–Crippen MR) is 72.7 cm³/mol. The summed E-state index contributed by atoms with van der Waals surface area (Å²) in [5, 5.41) is 0.581. The number of halogens is 3. The maximum Gasteiger partial charge on any atom is 0.255 e. The first-order chi connectivity index (χ1) is 8.43. The Hall–Kier alpha value is -0.870. The van der Waals surface area contributed by atoms with Gasteiger partial charge in [-0.05, 0) is 30.5 Å². The van der Waals surface area contributed by atoms with E-state index in [0.29, 0.717) is 17.1 Å². The van der Waals surface area contributed by atoms with Crippen LogP contribution in [0.25, 0.3) is 0 Å². The van der Waals surface area contributed by atoms with Gasteiger partial charge in [-0.1, -0.05) is 24.6 Å². The summed E-state index contributed by atoms with van der Waals surface area (Å²) in [7, 11) is 1.62. The molecule has 0 aliphatic carbocycles. The van der Waals surface area contributed by atoms with Crippen LogP contribution in [-0.2, 0) is 6.42 Å². The third-order valence-electron chi connectivity index (χ3n) is 2.90. The van der Waals surface area contributed by atoms with Gasteiger partial charge in [0.1, 0.15) is 0 Å². The standard InChI is InChI=1S/C13H19ClF2N2/c1-3-10(17)6-9-4-5-11(7-12(9)14)18(2)8-13(15)16/h4-5,7,10,13H,3,6,8,17H2,1-2H3. The molecule has 0 spiro atoms. The summed E-state index contributed by atoms with van der Waals surface area (Å²) in [5.74, 6) is 0. The highest BCUT2D eigenvalue weighted by molar-refractivity contribution is 6.31. The third-order valence-corrected chi connectivity index (χ3v) is 3.25. The lowest BCUT2D eigenvalue weighted by atomic mass is 10.0. The fraction of sp³-hybridized carbons (Fsp3) is 0.538. The molecule has 18 heavy (non-hydrogen) atoms. The minimum Gasteiger partial charge on any atom is -0.369 e. The molecule has 0 aromatic heterocycles. The summed E-state index contributed by atoms with van der Waals surface area (Å²) < 4.78 is 24.6. The highest BCUT2D eigenvalue weighted by atomic mass is 35.5. The van der Waals surface area contributed by atoms with Crippen molar-refractivity contribution in [2.24, 2.45) is 5.73 Å². The van der Waals surface area contributed by atoms with Gasteiger partial charge in [-0.3, -0.25) is 0 Å². The quantitative estimate of drug-likeness (QED) is 0.864. The second-order valence-electron chi connectivity index (χ2n) is 4.42. The maximum absolute atomic E-state index is 12.3. The molecule has 0 fully saturated rings. The van der Waals surface area contributed by atoms with Crippen LogP contribution in [0.15, 0.2) is 18.2 Å². The topological polar surface area (TPSA) is 29.3 Å². The second kappa shape index (κ2) is 6.90. The molecule has 1 atom stereocenters. The zero-order valence-electron chi connectivity index (χ0n) is 10.7. The molecule has 5 heteroatoms. The first-order valence-corrected chi connectivity index (χ1v) is 6.35. The minimum atomic E-state index is -2.36. The Labute approximate surface area is 112 Å². The van der Waals surface area contributed by atoms with Crippen LogP contribution in [0.4, 0.5) is 14.5 Å². The van der Waals surface area contributed by atoms with Crippen molar-refractivity contribution >= 4 is 17.3 Å². The molecule has 0 aliphatic heterocycles. The fourth-order valence-electron chi connectivity index (χ4n) is 1.68. The molecule has 102 valence electrons. The van der Waals surface area contributed by atoms with E-state index in [1.807, 2.05) is 13.0 Å². The van der Waals surface area contributed by atoms with Gasteiger partial charge in [0.2, 0.25) is 0 Å². The summed E-state index contributed by atoms with van der Waals surface area (Å²) in [6, 6.07) is 5.44. The van der Waals surface area contributed by atoms with Crippen LogP contribution in [-0.4, -0.2) is 26.1 Å². The number of hydrogen-bond acceptors (Lipinski definition) is 2. The molecule has 0 amide bonds. The summed E-state index contributed by atoms with van der Waals surface area (Å²) >= 11 is 6.14. The number of rotatable bonds is 6. The van der Waals surface area contributed by atoms with E-state index in [1.54, 1.807) is 19.2 Å². The zero-order valence-corrected chi connectivity index (χ0v) is 11.4. The first-order valence-electron chi connectivity index (χ1n) is 5.97.